The van der Waals surface area contributed by atoms with Gasteiger partial charge in [0, 0.05) is 14.1 Å². The van der Waals surface area contributed by atoms with Gasteiger partial charge in [0.1, 0.15) is 11.6 Å². The molecule has 0 saturated carbocycles. The van der Waals surface area contributed by atoms with Crippen LogP contribution in [0.4, 0.5) is 5.82 Å². The number of anilines is 1. The van der Waals surface area contributed by atoms with Gasteiger partial charge in [-0.15, -0.1) is 0 Å². The maximum atomic E-state index is 5.94. The molecule has 0 aliphatic heterocycles. The largest absolute Gasteiger partial charge is 0.383 e. The minimum atomic E-state index is 0.472. The van der Waals surface area contributed by atoms with E-state index in [-0.39, 0.29) is 0 Å². The Labute approximate surface area is 120 Å². The second-order valence-electron chi connectivity index (χ2n) is 4.57. The van der Waals surface area contributed by atoms with Crippen molar-refractivity contribution in [3.8, 4) is 0 Å². The smallest absolute Gasteiger partial charge is 0.163 e. The summed E-state index contributed by atoms with van der Waals surface area (Å²) in [5.41, 5.74) is 7.70. The zero-order valence-electron chi connectivity index (χ0n) is 11.5. The summed E-state index contributed by atoms with van der Waals surface area (Å²) in [5, 5.41) is 10.3. The molecule has 104 valence electrons. The first-order valence-corrected chi connectivity index (χ1v) is 7.10. The highest BCUT2D eigenvalue weighted by Crippen LogP contribution is 2.23. The lowest BCUT2D eigenvalue weighted by atomic mass is 10.4. The molecule has 0 radical (unpaired) electrons. The fourth-order valence-corrected chi connectivity index (χ4v) is 2.90. The lowest BCUT2D eigenvalue weighted by Gasteiger charge is -2.03. The number of hydrogen-bond acceptors (Lipinski definition) is 6. The predicted octanol–water partition coefficient (Wildman–Crippen LogP) is 1.28. The van der Waals surface area contributed by atoms with Crippen molar-refractivity contribution < 1.29 is 0 Å². The quantitative estimate of drug-likeness (QED) is 0.731. The lowest BCUT2D eigenvalue weighted by molar-refractivity contribution is 0.692. The molecule has 0 saturated heterocycles. The van der Waals surface area contributed by atoms with E-state index in [4.69, 9.17) is 5.73 Å². The third kappa shape index (κ3) is 2.22. The first-order chi connectivity index (χ1) is 9.54. The van der Waals surface area contributed by atoms with Gasteiger partial charge in [0.25, 0.3) is 0 Å². The number of aromatic nitrogens is 6. The minimum Gasteiger partial charge on any atom is -0.383 e. The van der Waals surface area contributed by atoms with Crippen LogP contribution in [0.15, 0.2) is 17.3 Å². The van der Waals surface area contributed by atoms with Crippen LogP contribution in [0.1, 0.15) is 11.5 Å². The van der Waals surface area contributed by atoms with E-state index < -0.39 is 0 Å². The number of nitrogen functional groups attached to an aromatic ring is 1. The molecule has 0 aliphatic carbocycles. The van der Waals surface area contributed by atoms with Crippen molar-refractivity contribution >= 4 is 28.6 Å². The number of fused-ring (bicyclic) bond motifs is 1. The molecule has 0 unspecified atom stereocenters. The Morgan fingerprint density at radius 2 is 2.05 bits per heavy atom. The number of thioether (sulfide) groups is 1. The van der Waals surface area contributed by atoms with E-state index in [1.807, 2.05) is 31.8 Å². The Hall–Kier alpha value is -2.09. The summed E-state index contributed by atoms with van der Waals surface area (Å²) >= 11 is 1.64. The van der Waals surface area contributed by atoms with Crippen LogP contribution in [0.3, 0.4) is 0 Å². The maximum absolute atomic E-state index is 5.94. The van der Waals surface area contributed by atoms with Gasteiger partial charge in [-0.05, 0) is 13.0 Å². The van der Waals surface area contributed by atoms with E-state index in [1.165, 1.54) is 0 Å². The number of aryl methyl sites for hydroxylation is 3. The maximum Gasteiger partial charge on any atom is 0.163 e. The van der Waals surface area contributed by atoms with Crippen LogP contribution < -0.4 is 5.73 Å². The molecule has 0 fully saturated rings. The second kappa shape index (κ2) is 4.78. The van der Waals surface area contributed by atoms with Crippen molar-refractivity contribution in [1.82, 2.24) is 29.5 Å². The van der Waals surface area contributed by atoms with E-state index in [1.54, 1.807) is 22.6 Å². The van der Waals surface area contributed by atoms with Crippen molar-refractivity contribution in [2.45, 2.75) is 17.7 Å². The lowest BCUT2D eigenvalue weighted by Crippen LogP contribution is -2.02. The average Bonchev–Trinajstić information content (AvgIpc) is 2.91. The van der Waals surface area contributed by atoms with Gasteiger partial charge in [-0.25, -0.2) is 9.97 Å². The van der Waals surface area contributed by atoms with Crippen molar-refractivity contribution in [1.29, 1.82) is 0 Å². The predicted molar refractivity (Wildman–Crippen MR) is 78.2 cm³/mol. The molecule has 2 N–H and O–H groups in total. The summed E-state index contributed by atoms with van der Waals surface area (Å²) in [5.74, 6) is 1.81. The van der Waals surface area contributed by atoms with Crippen molar-refractivity contribution in [3.05, 3.63) is 23.8 Å². The summed E-state index contributed by atoms with van der Waals surface area (Å²) in [6.07, 6.45) is 1.69. The van der Waals surface area contributed by atoms with Gasteiger partial charge in [0.2, 0.25) is 0 Å². The third-order valence-corrected chi connectivity index (χ3v) is 4.06. The molecule has 0 bridgehead atoms. The van der Waals surface area contributed by atoms with Crippen molar-refractivity contribution in [2.75, 3.05) is 5.73 Å². The minimum absolute atomic E-state index is 0.472. The zero-order valence-corrected chi connectivity index (χ0v) is 12.3. The molecule has 0 aromatic carbocycles. The van der Waals surface area contributed by atoms with Crippen LogP contribution in [0.5, 0.6) is 0 Å². The highest BCUT2D eigenvalue weighted by atomic mass is 32.2. The van der Waals surface area contributed by atoms with Crippen molar-refractivity contribution in [3.63, 3.8) is 0 Å². The zero-order chi connectivity index (χ0) is 14.3. The van der Waals surface area contributed by atoms with Crippen LogP contribution in [0.2, 0.25) is 0 Å². The van der Waals surface area contributed by atoms with Gasteiger partial charge >= 0.3 is 0 Å². The molecular formula is C12H15N7S. The number of nitrogens with two attached hydrogens (primary N) is 1. The van der Waals surface area contributed by atoms with Crippen molar-refractivity contribution in [2.24, 2.45) is 14.1 Å². The normalized spacial score (nSPS) is 11.3. The molecule has 0 amide bonds. The molecule has 3 heterocycles. The van der Waals surface area contributed by atoms with Crippen LogP contribution in [0, 0.1) is 6.92 Å². The molecule has 0 spiro atoms. The number of rotatable bonds is 3. The van der Waals surface area contributed by atoms with Gasteiger partial charge in [-0.1, -0.05) is 11.8 Å². The summed E-state index contributed by atoms with van der Waals surface area (Å²) in [7, 11) is 3.77. The van der Waals surface area contributed by atoms with Crippen LogP contribution in [-0.2, 0) is 19.8 Å². The Bertz CT molecular complexity index is 774. The fourth-order valence-electron chi connectivity index (χ4n) is 2.02. The molecule has 0 aliphatic rings. The van der Waals surface area contributed by atoms with E-state index in [9.17, 15) is 0 Å². The second-order valence-corrected chi connectivity index (χ2v) is 5.56. The van der Waals surface area contributed by atoms with Gasteiger partial charge in [0.05, 0.1) is 28.1 Å². The summed E-state index contributed by atoms with van der Waals surface area (Å²) in [4.78, 5) is 8.84. The summed E-state index contributed by atoms with van der Waals surface area (Å²) in [6, 6.07) is 2.04. The summed E-state index contributed by atoms with van der Waals surface area (Å²) < 4.78 is 3.56. The van der Waals surface area contributed by atoms with Crippen LogP contribution in [0.25, 0.3) is 11.0 Å². The topological polar surface area (TPSA) is 87.4 Å². The monoisotopic (exact) mass is 289 g/mol. The molecule has 0 atom stereocenters. The number of hydrogen-bond donors (Lipinski definition) is 1. The first kappa shape index (κ1) is 12.9. The fraction of sp³-hybridized carbons (Fsp3) is 0.333. The number of nitrogens with zero attached hydrogens (tertiary/aromatic N) is 6. The Balaban J connectivity index is 1.87. The Kier molecular flexibility index (Phi) is 3.09. The van der Waals surface area contributed by atoms with Crippen LogP contribution in [-0.4, -0.2) is 29.5 Å². The van der Waals surface area contributed by atoms with Gasteiger partial charge in [-0.2, -0.15) is 10.2 Å². The van der Waals surface area contributed by atoms with Gasteiger partial charge in [0.15, 0.2) is 5.65 Å². The highest BCUT2D eigenvalue weighted by molar-refractivity contribution is 7.98. The summed E-state index contributed by atoms with van der Waals surface area (Å²) in [6.45, 7) is 1.97. The van der Waals surface area contributed by atoms with Gasteiger partial charge in [-0.3, -0.25) is 9.36 Å². The third-order valence-electron chi connectivity index (χ3n) is 2.98. The van der Waals surface area contributed by atoms with Gasteiger partial charge < -0.3 is 5.73 Å². The molecule has 20 heavy (non-hydrogen) atoms. The Morgan fingerprint density at radius 3 is 2.75 bits per heavy atom. The molecule has 3 aromatic heterocycles. The average molecular weight is 289 g/mol. The highest BCUT2D eigenvalue weighted by Gasteiger charge is 2.10. The molecule has 7 nitrogen and oxygen atoms in total. The Morgan fingerprint density at radius 1 is 1.25 bits per heavy atom. The first-order valence-electron chi connectivity index (χ1n) is 6.12. The van der Waals surface area contributed by atoms with E-state index >= 15 is 0 Å². The molecule has 8 heteroatoms. The molecule has 3 aromatic rings. The molecule has 3 rings (SSSR count). The molecular weight excluding hydrogens is 274 g/mol. The van der Waals surface area contributed by atoms with Crippen LogP contribution >= 0.6 is 11.8 Å². The van der Waals surface area contributed by atoms with E-state index in [0.717, 1.165) is 21.8 Å². The van der Waals surface area contributed by atoms with E-state index in [0.29, 0.717) is 17.4 Å². The standard InChI is InChI=1S/C12H15N7S/c1-7-4-10(18(2)17-7)20-6-9-15-11(13)8-5-14-19(3)12(8)16-9/h4-5H,6H2,1-3H3,(H2,13,15,16). The SMILES string of the molecule is Cc1cc(SCc2nc(N)c3cnn(C)c3n2)n(C)n1. The van der Waals surface area contributed by atoms with E-state index in [2.05, 4.69) is 20.2 Å².